The Morgan fingerprint density at radius 2 is 2.33 bits per heavy atom. The van der Waals surface area contributed by atoms with E-state index in [4.69, 9.17) is 4.42 Å². The third-order valence-corrected chi connectivity index (χ3v) is 2.95. The summed E-state index contributed by atoms with van der Waals surface area (Å²) in [6.07, 6.45) is 0.668. The van der Waals surface area contributed by atoms with Gasteiger partial charge in [0.15, 0.2) is 4.67 Å². The summed E-state index contributed by atoms with van der Waals surface area (Å²) < 4.78 is 5.95. The van der Waals surface area contributed by atoms with Gasteiger partial charge < -0.3 is 9.32 Å². The highest BCUT2D eigenvalue weighted by molar-refractivity contribution is 9.10. The van der Waals surface area contributed by atoms with Gasteiger partial charge in [-0.1, -0.05) is 0 Å². The minimum Gasteiger partial charge on any atom is -0.452 e. The van der Waals surface area contributed by atoms with E-state index in [1.165, 1.54) is 4.90 Å². The molecule has 18 heavy (non-hydrogen) atoms. The number of carbonyl (C=O) groups excluding carboxylic acids is 2. The van der Waals surface area contributed by atoms with Gasteiger partial charge in [0.1, 0.15) is 11.5 Å². The largest absolute Gasteiger partial charge is 0.452 e. The van der Waals surface area contributed by atoms with Crippen LogP contribution in [0.5, 0.6) is 0 Å². The highest BCUT2D eigenvalue weighted by atomic mass is 79.9. The monoisotopic (exact) mass is 313 g/mol. The SMILES string of the molecule is CN(Cc1ccc(Br)o1)C(=O)C1=NNC(=O)CC1. The fourth-order valence-corrected chi connectivity index (χ4v) is 1.93. The summed E-state index contributed by atoms with van der Waals surface area (Å²) in [6.45, 7) is 0.359. The van der Waals surface area contributed by atoms with Crippen LogP contribution in [-0.4, -0.2) is 29.5 Å². The van der Waals surface area contributed by atoms with E-state index in [0.29, 0.717) is 35.5 Å². The van der Waals surface area contributed by atoms with Crippen LogP contribution in [0.1, 0.15) is 18.6 Å². The third kappa shape index (κ3) is 2.98. The molecule has 96 valence electrons. The summed E-state index contributed by atoms with van der Waals surface area (Å²) in [5.74, 6) is 0.310. The molecule has 1 aromatic heterocycles. The van der Waals surface area contributed by atoms with Gasteiger partial charge in [-0.25, -0.2) is 5.43 Å². The molecule has 2 heterocycles. The van der Waals surface area contributed by atoms with E-state index in [2.05, 4.69) is 26.5 Å². The molecule has 1 aliphatic rings. The molecule has 7 heteroatoms. The van der Waals surface area contributed by atoms with Crippen LogP contribution >= 0.6 is 15.9 Å². The molecule has 0 radical (unpaired) electrons. The van der Waals surface area contributed by atoms with E-state index in [1.807, 2.05) is 0 Å². The number of amides is 2. The molecular weight excluding hydrogens is 302 g/mol. The Morgan fingerprint density at radius 3 is 2.89 bits per heavy atom. The van der Waals surface area contributed by atoms with Crippen molar-refractivity contribution in [3.05, 3.63) is 22.6 Å². The highest BCUT2D eigenvalue weighted by Gasteiger charge is 2.21. The van der Waals surface area contributed by atoms with Gasteiger partial charge >= 0.3 is 0 Å². The molecule has 0 bridgehead atoms. The molecule has 0 unspecified atom stereocenters. The summed E-state index contributed by atoms with van der Waals surface area (Å²) >= 11 is 3.20. The molecule has 0 spiro atoms. The summed E-state index contributed by atoms with van der Waals surface area (Å²) in [5.41, 5.74) is 2.67. The van der Waals surface area contributed by atoms with E-state index < -0.39 is 0 Å². The first-order chi connectivity index (χ1) is 8.56. The lowest BCUT2D eigenvalue weighted by molar-refractivity contribution is -0.124. The minimum absolute atomic E-state index is 0.163. The summed E-state index contributed by atoms with van der Waals surface area (Å²) in [4.78, 5) is 24.4. The van der Waals surface area contributed by atoms with Gasteiger partial charge in [-0.15, -0.1) is 0 Å². The summed E-state index contributed by atoms with van der Waals surface area (Å²) in [6, 6.07) is 3.56. The van der Waals surface area contributed by atoms with Crippen molar-refractivity contribution >= 4 is 33.5 Å². The van der Waals surface area contributed by atoms with E-state index in [-0.39, 0.29) is 11.8 Å². The number of carbonyl (C=O) groups is 2. The van der Waals surface area contributed by atoms with Gasteiger partial charge in [-0.05, 0) is 28.1 Å². The average Bonchev–Trinajstić information content (AvgIpc) is 2.75. The molecule has 6 nitrogen and oxygen atoms in total. The Bertz CT molecular complexity index is 509. The summed E-state index contributed by atoms with van der Waals surface area (Å²) in [7, 11) is 1.66. The highest BCUT2D eigenvalue weighted by Crippen LogP contribution is 2.15. The number of hydrogen-bond donors (Lipinski definition) is 1. The van der Waals surface area contributed by atoms with Gasteiger partial charge in [-0.2, -0.15) is 5.10 Å². The first-order valence-corrected chi connectivity index (χ1v) is 6.20. The zero-order chi connectivity index (χ0) is 13.1. The molecule has 0 saturated carbocycles. The van der Waals surface area contributed by atoms with Crippen molar-refractivity contribution in [2.24, 2.45) is 5.10 Å². The maximum absolute atomic E-state index is 12.0. The number of furan rings is 1. The van der Waals surface area contributed by atoms with Crippen LogP contribution in [-0.2, 0) is 16.1 Å². The van der Waals surface area contributed by atoms with Crippen LogP contribution in [0.15, 0.2) is 26.3 Å². The predicted octanol–water partition coefficient (Wildman–Crippen LogP) is 1.27. The van der Waals surface area contributed by atoms with E-state index in [0.717, 1.165) is 0 Å². The standard InChI is InChI=1S/C11H12BrN3O3/c1-15(6-7-2-4-9(12)18-7)11(17)8-3-5-10(16)14-13-8/h2,4H,3,5-6H2,1H3,(H,14,16). The van der Waals surface area contributed by atoms with Crippen LogP contribution in [0, 0.1) is 0 Å². The van der Waals surface area contributed by atoms with Crippen LogP contribution in [0.25, 0.3) is 0 Å². The molecule has 1 N–H and O–H groups in total. The smallest absolute Gasteiger partial charge is 0.270 e. The lowest BCUT2D eigenvalue weighted by Crippen LogP contribution is -2.37. The van der Waals surface area contributed by atoms with E-state index >= 15 is 0 Å². The molecule has 0 saturated heterocycles. The van der Waals surface area contributed by atoms with Crippen molar-refractivity contribution in [2.75, 3.05) is 7.05 Å². The van der Waals surface area contributed by atoms with Crippen molar-refractivity contribution in [3.8, 4) is 0 Å². The van der Waals surface area contributed by atoms with E-state index in [1.54, 1.807) is 19.2 Å². The Kier molecular flexibility index (Phi) is 3.81. The second-order valence-corrected chi connectivity index (χ2v) is 4.74. The Hall–Kier alpha value is -1.63. The molecule has 2 amide bonds. The fourth-order valence-electron chi connectivity index (χ4n) is 1.59. The van der Waals surface area contributed by atoms with Crippen LogP contribution in [0.3, 0.4) is 0 Å². The molecule has 1 aliphatic heterocycles. The zero-order valence-corrected chi connectivity index (χ0v) is 11.4. The molecule has 0 atom stereocenters. The van der Waals surface area contributed by atoms with Crippen molar-refractivity contribution in [3.63, 3.8) is 0 Å². The van der Waals surface area contributed by atoms with Gasteiger partial charge in [0.05, 0.1) is 6.54 Å². The normalized spacial score (nSPS) is 15.0. The molecule has 0 fully saturated rings. The Balaban J connectivity index is 1.98. The molecule has 0 aliphatic carbocycles. The number of nitrogens with zero attached hydrogens (tertiary/aromatic N) is 2. The van der Waals surface area contributed by atoms with Crippen LogP contribution < -0.4 is 5.43 Å². The van der Waals surface area contributed by atoms with Gasteiger partial charge in [0.2, 0.25) is 5.91 Å². The van der Waals surface area contributed by atoms with Gasteiger partial charge in [0, 0.05) is 19.9 Å². The van der Waals surface area contributed by atoms with Crippen molar-refractivity contribution < 1.29 is 14.0 Å². The number of rotatable bonds is 3. The van der Waals surface area contributed by atoms with Crippen LogP contribution in [0.2, 0.25) is 0 Å². The Labute approximate surface area is 112 Å². The number of nitrogens with one attached hydrogen (secondary N) is 1. The van der Waals surface area contributed by atoms with E-state index in [9.17, 15) is 9.59 Å². The van der Waals surface area contributed by atoms with Crippen LogP contribution in [0.4, 0.5) is 0 Å². The second-order valence-electron chi connectivity index (χ2n) is 3.96. The lowest BCUT2D eigenvalue weighted by atomic mass is 10.1. The maximum Gasteiger partial charge on any atom is 0.270 e. The topological polar surface area (TPSA) is 74.9 Å². The van der Waals surface area contributed by atoms with Crippen molar-refractivity contribution in [1.29, 1.82) is 0 Å². The summed E-state index contributed by atoms with van der Waals surface area (Å²) in [5, 5.41) is 3.76. The Morgan fingerprint density at radius 1 is 1.56 bits per heavy atom. The van der Waals surface area contributed by atoms with Crippen molar-refractivity contribution in [1.82, 2.24) is 10.3 Å². The fraction of sp³-hybridized carbons (Fsp3) is 0.364. The number of hydrogen-bond acceptors (Lipinski definition) is 4. The predicted molar refractivity (Wildman–Crippen MR) is 67.7 cm³/mol. The molecule has 1 aromatic rings. The van der Waals surface area contributed by atoms with Crippen molar-refractivity contribution in [2.45, 2.75) is 19.4 Å². The average molecular weight is 314 g/mol. The maximum atomic E-state index is 12.0. The quantitative estimate of drug-likeness (QED) is 0.913. The molecule has 2 rings (SSSR count). The van der Waals surface area contributed by atoms with Gasteiger partial charge in [-0.3, -0.25) is 9.59 Å². The number of hydrazone groups is 1. The zero-order valence-electron chi connectivity index (χ0n) is 9.77. The minimum atomic E-state index is -0.206. The van der Waals surface area contributed by atoms with Gasteiger partial charge in [0.25, 0.3) is 5.91 Å². The first-order valence-electron chi connectivity index (χ1n) is 5.41. The molecule has 0 aromatic carbocycles. The molecular formula is C11H12BrN3O3. The lowest BCUT2D eigenvalue weighted by Gasteiger charge is -2.18. The second kappa shape index (κ2) is 5.34. The first kappa shape index (κ1) is 12.8. The number of halogens is 1. The third-order valence-electron chi connectivity index (χ3n) is 2.52.